The van der Waals surface area contributed by atoms with Crippen LogP contribution in [-0.4, -0.2) is 60.6 Å². The lowest BCUT2D eigenvalue weighted by Gasteiger charge is -2.42. The molecular weight excluding hydrogens is 640 g/mol. The van der Waals surface area contributed by atoms with Crippen molar-refractivity contribution in [2.45, 2.75) is 51.1 Å². The molecule has 234 valence electrons. The number of carboxylic acids is 1. The molecule has 10 heteroatoms. The first-order valence-corrected chi connectivity index (χ1v) is 15.6. The number of methoxy groups -OCH3 is 2. The Bertz CT molecular complexity index is 1670. The number of rotatable bonds is 9. The Hall–Kier alpha value is -3.99. The third-order valence-electron chi connectivity index (χ3n) is 8.84. The Labute approximate surface area is 270 Å². The zero-order valence-corrected chi connectivity index (χ0v) is 27.2. The normalized spacial score (nSPS) is 23.9. The van der Waals surface area contributed by atoms with Crippen LogP contribution in [-0.2, 0) is 20.1 Å². The molecule has 3 atom stereocenters. The van der Waals surface area contributed by atoms with Gasteiger partial charge >= 0.3 is 5.97 Å². The van der Waals surface area contributed by atoms with Gasteiger partial charge in [-0.3, -0.25) is 19.3 Å². The van der Waals surface area contributed by atoms with E-state index in [4.69, 9.17) is 14.2 Å². The fraction of sp³-hybridized carbons (Fsp3) is 0.343. The molecule has 2 aliphatic heterocycles. The van der Waals surface area contributed by atoms with Gasteiger partial charge in [-0.05, 0) is 72.5 Å². The molecule has 3 aliphatic rings. The minimum absolute atomic E-state index is 0.00784. The van der Waals surface area contributed by atoms with Crippen molar-refractivity contribution in [1.82, 2.24) is 4.90 Å². The lowest BCUT2D eigenvalue weighted by molar-refractivity contribution is -0.137. The summed E-state index contributed by atoms with van der Waals surface area (Å²) in [6.45, 7) is 4.13. The number of hydrogen-bond acceptors (Lipinski definition) is 8. The van der Waals surface area contributed by atoms with Gasteiger partial charge in [0.25, 0.3) is 0 Å². The molecule has 2 heterocycles. The molecule has 0 radical (unpaired) electrons. The van der Waals surface area contributed by atoms with E-state index in [1.807, 2.05) is 48.5 Å². The molecule has 1 fully saturated rings. The predicted octanol–water partition coefficient (Wildman–Crippen LogP) is 6.17. The first-order chi connectivity index (χ1) is 21.5. The smallest absolute Gasteiger partial charge is 0.304 e. The summed E-state index contributed by atoms with van der Waals surface area (Å²) in [6.07, 6.45) is -0.518. The van der Waals surface area contributed by atoms with Crippen LogP contribution in [0, 0.1) is 5.41 Å². The molecule has 45 heavy (non-hydrogen) atoms. The predicted molar refractivity (Wildman–Crippen MR) is 171 cm³/mol. The lowest BCUT2D eigenvalue weighted by Crippen LogP contribution is -2.51. The van der Waals surface area contributed by atoms with E-state index in [1.54, 1.807) is 43.4 Å². The number of anilines is 1. The van der Waals surface area contributed by atoms with Crippen LogP contribution in [0.2, 0.25) is 0 Å². The van der Waals surface area contributed by atoms with Crippen LogP contribution in [0.1, 0.15) is 49.0 Å². The number of ether oxygens (including phenoxy) is 3. The van der Waals surface area contributed by atoms with Crippen molar-refractivity contribution in [3.8, 4) is 11.5 Å². The first kappa shape index (κ1) is 31.0. The fourth-order valence-corrected chi connectivity index (χ4v) is 7.17. The second-order valence-corrected chi connectivity index (χ2v) is 13.3. The Kier molecular flexibility index (Phi) is 8.09. The van der Waals surface area contributed by atoms with E-state index in [-0.39, 0.29) is 29.9 Å². The van der Waals surface area contributed by atoms with Gasteiger partial charge in [0.1, 0.15) is 11.5 Å². The van der Waals surface area contributed by atoms with Crippen molar-refractivity contribution in [2.24, 2.45) is 5.41 Å². The Morgan fingerprint density at radius 1 is 0.933 bits per heavy atom. The van der Waals surface area contributed by atoms with Crippen molar-refractivity contribution >= 4 is 39.2 Å². The van der Waals surface area contributed by atoms with Gasteiger partial charge in [-0.15, -0.1) is 0 Å². The number of halogens is 1. The Morgan fingerprint density at radius 2 is 1.53 bits per heavy atom. The summed E-state index contributed by atoms with van der Waals surface area (Å²) in [6, 6.07) is 21.2. The maximum Gasteiger partial charge on any atom is 0.304 e. The van der Waals surface area contributed by atoms with E-state index in [9.17, 15) is 19.5 Å². The number of benzene rings is 3. The van der Waals surface area contributed by atoms with E-state index < -0.39 is 24.0 Å². The van der Waals surface area contributed by atoms with Gasteiger partial charge in [0.05, 0.1) is 26.7 Å². The molecule has 3 aromatic rings. The standard InChI is InChI=1S/C35H35BrN2O7/c1-34(2)19-27-30(28(39)20-34)32-35(22-7-15-26(44-4)16-8-22,38(27)24-11-9-23(36)10-12-24)45-33(37(32)18-17-29(40)41)31(42)21-5-13-25(43-3)14-6-21/h5-16,32-33H,17-20H2,1-4H3,(H,40,41)/t32-,33-,35-/m1/s1. The number of hydrogen-bond donors (Lipinski definition) is 1. The van der Waals surface area contributed by atoms with Crippen molar-refractivity contribution in [2.75, 3.05) is 25.7 Å². The number of allylic oxidation sites excluding steroid dienone is 1. The van der Waals surface area contributed by atoms with Crippen molar-refractivity contribution < 1.29 is 33.7 Å². The number of carboxylic acid groups (broad SMARTS) is 1. The summed E-state index contributed by atoms with van der Waals surface area (Å²) in [5, 5.41) is 9.79. The lowest BCUT2D eigenvalue weighted by atomic mass is 9.74. The average Bonchev–Trinajstić information content (AvgIpc) is 3.49. The summed E-state index contributed by atoms with van der Waals surface area (Å²) < 4.78 is 18.7. The second-order valence-electron chi connectivity index (χ2n) is 12.4. The molecule has 9 nitrogen and oxygen atoms in total. The maximum atomic E-state index is 14.3. The highest BCUT2D eigenvalue weighted by molar-refractivity contribution is 9.10. The van der Waals surface area contributed by atoms with Gasteiger partial charge in [-0.2, -0.15) is 0 Å². The highest BCUT2D eigenvalue weighted by atomic mass is 79.9. The second kappa shape index (κ2) is 11.7. The molecule has 0 bridgehead atoms. The fourth-order valence-electron chi connectivity index (χ4n) is 6.91. The molecule has 0 amide bonds. The summed E-state index contributed by atoms with van der Waals surface area (Å²) in [7, 11) is 3.14. The highest BCUT2D eigenvalue weighted by Gasteiger charge is 2.67. The summed E-state index contributed by atoms with van der Waals surface area (Å²) >= 11 is 3.54. The number of Topliss-reactive ketones (excluding diaryl/α,β-unsaturated/α-hetero) is 2. The third kappa shape index (κ3) is 5.34. The Balaban J connectivity index is 1.61. The largest absolute Gasteiger partial charge is 0.497 e. The molecule has 1 N–H and O–H groups in total. The van der Waals surface area contributed by atoms with Gasteiger partial charge in [0.15, 0.2) is 17.7 Å². The monoisotopic (exact) mass is 674 g/mol. The van der Waals surface area contributed by atoms with E-state index in [2.05, 4.69) is 34.7 Å². The van der Waals surface area contributed by atoms with Gasteiger partial charge in [-0.1, -0.05) is 41.9 Å². The Morgan fingerprint density at radius 3 is 2.11 bits per heavy atom. The molecule has 0 unspecified atom stereocenters. The van der Waals surface area contributed by atoms with E-state index in [1.165, 1.54) is 0 Å². The van der Waals surface area contributed by atoms with Crippen molar-refractivity contribution in [3.05, 3.63) is 99.7 Å². The minimum Gasteiger partial charge on any atom is -0.497 e. The number of ketones is 2. The molecule has 0 aromatic heterocycles. The topological polar surface area (TPSA) is 106 Å². The van der Waals surface area contributed by atoms with Crippen LogP contribution in [0.5, 0.6) is 11.5 Å². The number of carbonyl (C=O) groups is 3. The summed E-state index contributed by atoms with van der Waals surface area (Å²) in [5.74, 6) is -0.154. The van der Waals surface area contributed by atoms with Gasteiger partial charge in [0.2, 0.25) is 5.78 Å². The van der Waals surface area contributed by atoms with Gasteiger partial charge < -0.3 is 24.2 Å². The molecule has 0 saturated carbocycles. The highest BCUT2D eigenvalue weighted by Crippen LogP contribution is 2.59. The van der Waals surface area contributed by atoms with Gasteiger partial charge in [0, 0.05) is 45.5 Å². The van der Waals surface area contributed by atoms with Crippen molar-refractivity contribution in [3.63, 3.8) is 0 Å². The molecule has 3 aromatic carbocycles. The number of fused-ring (bicyclic) bond motifs is 2. The van der Waals surface area contributed by atoms with Crippen molar-refractivity contribution in [1.29, 1.82) is 0 Å². The van der Waals surface area contributed by atoms with E-state index >= 15 is 0 Å². The average molecular weight is 676 g/mol. The first-order valence-electron chi connectivity index (χ1n) is 14.8. The van der Waals surface area contributed by atoms with E-state index in [0.29, 0.717) is 41.0 Å². The molecule has 0 spiro atoms. The maximum absolute atomic E-state index is 14.3. The zero-order valence-electron chi connectivity index (χ0n) is 25.6. The SMILES string of the molecule is COc1ccc(C(=O)[C@H]2O[C@]3(c4ccc(OC)cc4)[C@@H](C4=C(CC(C)(C)CC4=O)N3c3ccc(Br)cc3)N2CCC(=O)O)cc1. The van der Waals surface area contributed by atoms with Crippen LogP contribution >= 0.6 is 15.9 Å². The number of carbonyl (C=O) groups excluding carboxylic acids is 2. The van der Waals surface area contributed by atoms with Crippen LogP contribution in [0.25, 0.3) is 0 Å². The molecule has 1 saturated heterocycles. The quantitative estimate of drug-likeness (QED) is 0.267. The van der Waals surface area contributed by atoms with Gasteiger partial charge in [-0.25, -0.2) is 0 Å². The van der Waals surface area contributed by atoms with Crippen LogP contribution < -0.4 is 14.4 Å². The third-order valence-corrected chi connectivity index (χ3v) is 9.37. The van der Waals surface area contributed by atoms with E-state index in [0.717, 1.165) is 15.9 Å². The molecular formula is C35H35BrN2O7. The molecule has 1 aliphatic carbocycles. The summed E-state index contributed by atoms with van der Waals surface area (Å²) in [4.78, 5) is 44.4. The number of nitrogens with zero attached hydrogens (tertiary/aromatic N) is 2. The van der Waals surface area contributed by atoms with Crippen LogP contribution in [0.4, 0.5) is 5.69 Å². The van der Waals surface area contributed by atoms with Crippen LogP contribution in [0.3, 0.4) is 0 Å². The molecule has 6 rings (SSSR count). The van der Waals surface area contributed by atoms with Crippen LogP contribution in [0.15, 0.2) is 88.5 Å². The summed E-state index contributed by atoms with van der Waals surface area (Å²) in [5.41, 5.74) is 1.55. The minimum atomic E-state index is -1.37. The number of aliphatic carboxylic acids is 1. The zero-order chi connectivity index (χ0) is 32.1.